The molecule has 0 radical (unpaired) electrons. The average Bonchev–Trinajstić information content (AvgIpc) is 3.27. The summed E-state index contributed by atoms with van der Waals surface area (Å²) in [7, 11) is 4.01. The minimum atomic E-state index is 0.151. The number of hydrogen-bond donors (Lipinski definition) is 1. The van der Waals surface area contributed by atoms with Crippen LogP contribution in [-0.4, -0.2) is 26.7 Å². The van der Waals surface area contributed by atoms with Crippen molar-refractivity contribution in [1.82, 2.24) is 15.1 Å². The highest BCUT2D eigenvalue weighted by atomic mass is 33.1. The number of nitrogens with one attached hydrogen (secondary N) is 1. The highest BCUT2D eigenvalue weighted by molar-refractivity contribution is 8.77. The minimum absolute atomic E-state index is 0.151. The molecule has 1 amide bonds. The number of benzene rings is 1. The zero-order valence-corrected chi connectivity index (χ0v) is 17.9. The van der Waals surface area contributed by atoms with Gasteiger partial charge in [-0.15, -0.1) is 0 Å². The number of amides is 1. The fraction of sp³-hybridized carbons (Fsp3) is 0.524. The van der Waals surface area contributed by atoms with Gasteiger partial charge in [-0.1, -0.05) is 58.3 Å². The molecular weight excluding hydrogens is 374 g/mol. The summed E-state index contributed by atoms with van der Waals surface area (Å²) < 4.78 is 2.03. The number of carbonyl (C=O) groups is 1. The summed E-state index contributed by atoms with van der Waals surface area (Å²) in [5, 5.41) is 8.55. The van der Waals surface area contributed by atoms with Crippen LogP contribution in [0.5, 0.6) is 0 Å². The Balaban J connectivity index is 1.43. The topological polar surface area (TPSA) is 46.9 Å². The van der Waals surface area contributed by atoms with Crippen LogP contribution in [0.25, 0.3) is 0 Å². The molecule has 0 aliphatic carbocycles. The van der Waals surface area contributed by atoms with Gasteiger partial charge in [0.15, 0.2) is 0 Å². The van der Waals surface area contributed by atoms with Crippen LogP contribution in [0.3, 0.4) is 0 Å². The Labute approximate surface area is 170 Å². The molecule has 2 heterocycles. The van der Waals surface area contributed by atoms with Crippen molar-refractivity contribution >= 4 is 27.5 Å². The zero-order chi connectivity index (χ0) is 19.1. The largest absolute Gasteiger partial charge is 0.352 e. The van der Waals surface area contributed by atoms with Crippen molar-refractivity contribution in [2.24, 2.45) is 0 Å². The molecule has 27 heavy (non-hydrogen) atoms. The molecule has 1 unspecified atom stereocenters. The summed E-state index contributed by atoms with van der Waals surface area (Å²) in [6.07, 6.45) is 5.33. The first-order chi connectivity index (χ1) is 13.1. The normalized spacial score (nSPS) is 16.6. The highest BCUT2D eigenvalue weighted by Gasteiger charge is 2.16. The van der Waals surface area contributed by atoms with E-state index in [1.807, 2.05) is 51.4 Å². The van der Waals surface area contributed by atoms with Gasteiger partial charge in [0.2, 0.25) is 5.91 Å². The smallest absolute Gasteiger partial charge is 0.220 e. The number of rotatable bonds is 9. The standard InChI is InChI=1S/C21H29N3OS2/c1-16-20(17(2)24(23-16)15-18-8-4-3-5-9-18)14-22-21(25)11-7-6-10-19-12-13-26-27-19/h3-5,8-9,19H,6-7,10-15H2,1-2H3,(H,22,25). The molecule has 1 aliphatic rings. The maximum Gasteiger partial charge on any atom is 0.220 e. The molecule has 1 fully saturated rings. The third-order valence-corrected chi connectivity index (χ3v) is 8.08. The summed E-state index contributed by atoms with van der Waals surface area (Å²) in [5.74, 6) is 1.44. The molecular formula is C21H29N3OS2. The lowest BCUT2D eigenvalue weighted by molar-refractivity contribution is -0.121. The summed E-state index contributed by atoms with van der Waals surface area (Å²) in [5.41, 5.74) is 4.50. The van der Waals surface area contributed by atoms with Crippen LogP contribution in [0.4, 0.5) is 0 Å². The van der Waals surface area contributed by atoms with Gasteiger partial charge in [-0.3, -0.25) is 9.48 Å². The molecule has 1 saturated heterocycles. The second-order valence-electron chi connectivity index (χ2n) is 7.14. The van der Waals surface area contributed by atoms with E-state index < -0.39 is 0 Å². The maximum absolute atomic E-state index is 12.2. The molecule has 4 nitrogen and oxygen atoms in total. The SMILES string of the molecule is Cc1nn(Cc2ccccc2)c(C)c1CNC(=O)CCCCC1CCSS1. The lowest BCUT2D eigenvalue weighted by Crippen LogP contribution is -2.23. The minimum Gasteiger partial charge on any atom is -0.352 e. The van der Waals surface area contributed by atoms with Crippen LogP contribution in [0, 0.1) is 13.8 Å². The van der Waals surface area contributed by atoms with Crippen LogP contribution < -0.4 is 5.32 Å². The van der Waals surface area contributed by atoms with Crippen LogP contribution >= 0.6 is 21.6 Å². The lowest BCUT2D eigenvalue weighted by atomic mass is 10.1. The van der Waals surface area contributed by atoms with E-state index in [1.165, 1.54) is 24.2 Å². The fourth-order valence-electron chi connectivity index (χ4n) is 3.40. The van der Waals surface area contributed by atoms with E-state index in [1.54, 1.807) is 0 Å². The van der Waals surface area contributed by atoms with E-state index in [0.29, 0.717) is 13.0 Å². The predicted molar refractivity (Wildman–Crippen MR) is 116 cm³/mol. The van der Waals surface area contributed by atoms with Crippen molar-refractivity contribution in [2.75, 3.05) is 5.75 Å². The summed E-state index contributed by atoms with van der Waals surface area (Å²) >= 11 is 0. The number of hydrogen-bond acceptors (Lipinski definition) is 4. The van der Waals surface area contributed by atoms with E-state index >= 15 is 0 Å². The van der Waals surface area contributed by atoms with Crippen molar-refractivity contribution in [2.45, 2.75) is 64.3 Å². The number of unbranched alkanes of at least 4 members (excludes halogenated alkanes) is 1. The Bertz CT molecular complexity index is 739. The summed E-state index contributed by atoms with van der Waals surface area (Å²) in [6, 6.07) is 10.3. The van der Waals surface area contributed by atoms with Gasteiger partial charge in [0.25, 0.3) is 0 Å². The fourth-order valence-corrected chi connectivity index (χ4v) is 6.43. The molecule has 1 atom stereocenters. The molecule has 3 rings (SSSR count). The first-order valence-corrected chi connectivity index (χ1v) is 12.1. The van der Waals surface area contributed by atoms with Gasteiger partial charge in [-0.25, -0.2) is 0 Å². The molecule has 1 aliphatic heterocycles. The third-order valence-electron chi connectivity index (χ3n) is 5.08. The van der Waals surface area contributed by atoms with Gasteiger partial charge < -0.3 is 5.32 Å². The first-order valence-electron chi connectivity index (χ1n) is 9.75. The van der Waals surface area contributed by atoms with Gasteiger partial charge in [0.05, 0.1) is 12.2 Å². The lowest BCUT2D eigenvalue weighted by Gasteiger charge is -2.08. The second kappa shape index (κ2) is 10.2. The van der Waals surface area contributed by atoms with Gasteiger partial charge >= 0.3 is 0 Å². The number of aromatic nitrogens is 2. The first kappa shape index (κ1) is 20.3. The van der Waals surface area contributed by atoms with Crippen molar-refractivity contribution in [3.63, 3.8) is 0 Å². The van der Waals surface area contributed by atoms with E-state index in [0.717, 1.165) is 41.6 Å². The molecule has 1 aromatic carbocycles. The average molecular weight is 404 g/mol. The van der Waals surface area contributed by atoms with Gasteiger partial charge in [0.1, 0.15) is 0 Å². The van der Waals surface area contributed by atoms with E-state index in [-0.39, 0.29) is 5.91 Å². The third kappa shape index (κ3) is 6.04. The van der Waals surface area contributed by atoms with Crippen LogP contribution in [-0.2, 0) is 17.9 Å². The summed E-state index contributed by atoms with van der Waals surface area (Å²) in [6.45, 7) is 5.44. The van der Waals surface area contributed by atoms with E-state index in [9.17, 15) is 4.79 Å². The maximum atomic E-state index is 12.2. The Morgan fingerprint density at radius 2 is 2.07 bits per heavy atom. The second-order valence-corrected chi connectivity index (χ2v) is 9.93. The van der Waals surface area contributed by atoms with E-state index in [4.69, 9.17) is 0 Å². The Morgan fingerprint density at radius 1 is 1.26 bits per heavy atom. The molecule has 6 heteroatoms. The quantitative estimate of drug-likeness (QED) is 0.479. The van der Waals surface area contributed by atoms with Gasteiger partial charge in [-0.2, -0.15) is 5.10 Å². The summed E-state index contributed by atoms with van der Waals surface area (Å²) in [4.78, 5) is 12.2. The molecule has 0 spiro atoms. The molecule has 1 N–H and O–H groups in total. The number of aryl methyl sites for hydroxylation is 1. The monoisotopic (exact) mass is 403 g/mol. The predicted octanol–water partition coefficient (Wildman–Crippen LogP) is 4.88. The highest BCUT2D eigenvalue weighted by Crippen LogP contribution is 2.39. The van der Waals surface area contributed by atoms with Crippen molar-refractivity contribution in [3.05, 3.63) is 52.8 Å². The zero-order valence-electron chi connectivity index (χ0n) is 16.2. The Hall–Kier alpha value is -1.40. The van der Waals surface area contributed by atoms with Crippen LogP contribution in [0.15, 0.2) is 30.3 Å². The van der Waals surface area contributed by atoms with E-state index in [2.05, 4.69) is 29.5 Å². The Kier molecular flexibility index (Phi) is 7.70. The molecule has 1 aromatic heterocycles. The van der Waals surface area contributed by atoms with Crippen LogP contribution in [0.1, 0.15) is 54.6 Å². The van der Waals surface area contributed by atoms with Crippen molar-refractivity contribution in [1.29, 1.82) is 0 Å². The molecule has 2 aromatic rings. The van der Waals surface area contributed by atoms with Gasteiger partial charge in [-0.05, 0) is 38.7 Å². The molecule has 0 bridgehead atoms. The van der Waals surface area contributed by atoms with Gasteiger partial charge in [0, 0.05) is 35.2 Å². The van der Waals surface area contributed by atoms with Crippen LogP contribution in [0.2, 0.25) is 0 Å². The Morgan fingerprint density at radius 3 is 2.81 bits per heavy atom. The molecule has 0 saturated carbocycles. The van der Waals surface area contributed by atoms with Crippen molar-refractivity contribution < 1.29 is 4.79 Å². The number of nitrogens with zero attached hydrogens (tertiary/aromatic N) is 2. The number of carbonyl (C=O) groups excluding carboxylic acids is 1. The van der Waals surface area contributed by atoms with Crippen molar-refractivity contribution in [3.8, 4) is 0 Å². The molecule has 146 valence electrons.